The summed E-state index contributed by atoms with van der Waals surface area (Å²) in [5.41, 5.74) is 14.8. The van der Waals surface area contributed by atoms with Crippen molar-refractivity contribution >= 4 is 56.1 Å². The standard InChI is InChI=1S/C58H44N4S/c1-40(43-21-9-4-10-22-43)61-57(47-29-17-8-18-30-47)62-41(2)48-33-42(39-60-56(46-27-15-7-16-28-46)55-53-31-19-20-32-54(53)63-58(55)59-3)34-49(35-48)52-37-50(44-23-11-5-12-24-44)36-51(38-52)45-25-13-6-14-26-45/h4-38H,2-3,39H2,1H3. The summed E-state index contributed by atoms with van der Waals surface area (Å²) in [7, 11) is 0. The molecule has 0 unspecified atom stereocenters. The number of rotatable bonds is 12. The Morgan fingerprint density at radius 2 is 0.968 bits per heavy atom. The molecule has 9 aromatic rings. The number of thiophene rings is 1. The van der Waals surface area contributed by atoms with Crippen molar-refractivity contribution in [2.24, 2.45) is 20.0 Å². The maximum Gasteiger partial charge on any atom is 0.160 e. The van der Waals surface area contributed by atoms with Gasteiger partial charge in [-0.1, -0.05) is 176 Å². The van der Waals surface area contributed by atoms with Crippen molar-refractivity contribution in [2.45, 2.75) is 13.5 Å². The Bertz CT molecular complexity index is 3090. The highest BCUT2D eigenvalue weighted by Crippen LogP contribution is 2.40. The topological polar surface area (TPSA) is 49.4 Å². The predicted octanol–water partition coefficient (Wildman–Crippen LogP) is 15.2. The molecule has 0 bridgehead atoms. The number of benzene rings is 8. The lowest BCUT2D eigenvalue weighted by atomic mass is 9.91. The van der Waals surface area contributed by atoms with Gasteiger partial charge in [0.15, 0.2) is 5.84 Å². The fourth-order valence-electron chi connectivity index (χ4n) is 7.80. The van der Waals surface area contributed by atoms with Gasteiger partial charge >= 0.3 is 0 Å². The van der Waals surface area contributed by atoms with Gasteiger partial charge in [-0.05, 0) is 101 Å². The third kappa shape index (κ3) is 9.25. The summed E-state index contributed by atoms with van der Waals surface area (Å²) in [4.78, 5) is 20.3. The lowest BCUT2D eigenvalue weighted by molar-refractivity contribution is 1.07. The second-order valence-corrected chi connectivity index (χ2v) is 16.3. The number of amidine groups is 1. The van der Waals surface area contributed by atoms with Crippen LogP contribution in [0, 0.1) is 0 Å². The van der Waals surface area contributed by atoms with E-state index in [9.17, 15) is 0 Å². The molecule has 0 spiro atoms. The van der Waals surface area contributed by atoms with Crippen LogP contribution in [0.5, 0.6) is 0 Å². The largest absolute Gasteiger partial charge is 0.279 e. The van der Waals surface area contributed by atoms with Crippen LogP contribution in [0.2, 0.25) is 0 Å². The Labute approximate surface area is 373 Å². The van der Waals surface area contributed by atoms with E-state index in [0.29, 0.717) is 18.1 Å². The third-order valence-corrected chi connectivity index (χ3v) is 12.1. The Balaban J connectivity index is 1.23. The molecule has 0 N–H and O–H groups in total. The smallest absolute Gasteiger partial charge is 0.160 e. The molecule has 8 aromatic carbocycles. The molecule has 4 nitrogen and oxygen atoms in total. The zero-order valence-corrected chi connectivity index (χ0v) is 35.8. The SMILES string of the molecule is C=Nc1sc2ccccc2c1C(=NCc1cc(C(=C)N=C(N=C(C)c2ccccc2)c2ccccc2)cc(-c2cc(-c3ccccc3)cc(-c3ccccc3)c2)c1)c1ccccc1. The molecule has 1 aromatic heterocycles. The maximum absolute atomic E-state index is 5.46. The molecule has 0 aliphatic rings. The molecular weight excluding hydrogens is 785 g/mol. The maximum atomic E-state index is 5.46. The first kappa shape index (κ1) is 40.5. The molecule has 63 heavy (non-hydrogen) atoms. The number of nitrogens with zero attached hydrogens (tertiary/aromatic N) is 4. The summed E-state index contributed by atoms with van der Waals surface area (Å²) in [6.07, 6.45) is 0. The van der Waals surface area contributed by atoms with E-state index in [4.69, 9.17) is 15.0 Å². The first-order valence-electron chi connectivity index (χ1n) is 20.9. The summed E-state index contributed by atoms with van der Waals surface area (Å²) < 4.78 is 1.14. The van der Waals surface area contributed by atoms with Gasteiger partial charge in [-0.2, -0.15) is 0 Å². The average Bonchev–Trinajstić information content (AvgIpc) is 3.73. The molecule has 0 aliphatic heterocycles. The van der Waals surface area contributed by atoms with E-state index in [1.807, 2.05) is 61.5 Å². The molecule has 0 fully saturated rings. The zero-order chi connectivity index (χ0) is 43.0. The van der Waals surface area contributed by atoms with E-state index < -0.39 is 0 Å². The van der Waals surface area contributed by atoms with Crippen molar-refractivity contribution in [3.63, 3.8) is 0 Å². The van der Waals surface area contributed by atoms with Crippen LogP contribution < -0.4 is 0 Å². The zero-order valence-electron chi connectivity index (χ0n) is 35.0. The van der Waals surface area contributed by atoms with Gasteiger partial charge in [-0.25, -0.2) is 9.98 Å². The first-order chi connectivity index (χ1) is 31.0. The highest BCUT2D eigenvalue weighted by atomic mass is 32.1. The van der Waals surface area contributed by atoms with Crippen molar-refractivity contribution in [2.75, 3.05) is 0 Å². The minimum Gasteiger partial charge on any atom is -0.279 e. The lowest BCUT2D eigenvalue weighted by Gasteiger charge is -2.15. The van der Waals surface area contributed by atoms with E-state index in [-0.39, 0.29) is 0 Å². The molecule has 5 heteroatoms. The summed E-state index contributed by atoms with van der Waals surface area (Å²) in [6, 6.07) is 73.6. The van der Waals surface area contributed by atoms with Crippen molar-refractivity contribution < 1.29 is 0 Å². The Morgan fingerprint density at radius 1 is 0.476 bits per heavy atom. The molecule has 0 atom stereocenters. The fourth-order valence-corrected chi connectivity index (χ4v) is 8.80. The van der Waals surface area contributed by atoms with Gasteiger partial charge in [0.2, 0.25) is 0 Å². The molecule has 1 heterocycles. The number of hydrogen-bond donors (Lipinski definition) is 0. The highest BCUT2D eigenvalue weighted by Gasteiger charge is 2.19. The van der Waals surface area contributed by atoms with Gasteiger partial charge in [0.05, 0.1) is 18.0 Å². The van der Waals surface area contributed by atoms with Crippen molar-refractivity contribution in [1.29, 1.82) is 0 Å². The monoisotopic (exact) mass is 828 g/mol. The van der Waals surface area contributed by atoms with Crippen LogP contribution in [-0.4, -0.2) is 24.0 Å². The van der Waals surface area contributed by atoms with Crippen LogP contribution in [0.3, 0.4) is 0 Å². The molecule has 302 valence electrons. The van der Waals surface area contributed by atoms with Crippen molar-refractivity contribution in [3.05, 3.63) is 252 Å². The van der Waals surface area contributed by atoms with Gasteiger partial charge in [0, 0.05) is 38.1 Å². The minimum atomic E-state index is 0.392. The molecule has 0 aliphatic carbocycles. The number of hydrogen-bond acceptors (Lipinski definition) is 4. The van der Waals surface area contributed by atoms with Gasteiger partial charge < -0.3 is 0 Å². The van der Waals surface area contributed by atoms with Crippen LogP contribution >= 0.6 is 11.3 Å². The molecule has 9 rings (SSSR count). The van der Waals surface area contributed by atoms with E-state index in [1.54, 1.807) is 11.3 Å². The van der Waals surface area contributed by atoms with Gasteiger partial charge in [-0.15, -0.1) is 11.3 Å². The van der Waals surface area contributed by atoms with Crippen LogP contribution in [0.1, 0.15) is 40.3 Å². The lowest BCUT2D eigenvalue weighted by Crippen LogP contribution is -2.05. The van der Waals surface area contributed by atoms with Crippen LogP contribution in [0.25, 0.3) is 49.2 Å². The van der Waals surface area contributed by atoms with E-state index in [1.165, 1.54) is 0 Å². The van der Waals surface area contributed by atoms with Crippen LogP contribution in [-0.2, 0) is 6.54 Å². The highest BCUT2D eigenvalue weighted by molar-refractivity contribution is 7.23. The van der Waals surface area contributed by atoms with E-state index in [2.05, 4.69) is 176 Å². The van der Waals surface area contributed by atoms with Crippen molar-refractivity contribution in [1.82, 2.24) is 0 Å². The Kier molecular flexibility index (Phi) is 12.1. The molecule has 0 saturated carbocycles. The van der Waals surface area contributed by atoms with Gasteiger partial charge in [0.1, 0.15) is 5.00 Å². The predicted molar refractivity (Wildman–Crippen MR) is 270 cm³/mol. The third-order valence-electron chi connectivity index (χ3n) is 11.0. The summed E-state index contributed by atoms with van der Waals surface area (Å²) in [5.74, 6) is 0.588. The number of aliphatic imine (C=N–C) groups is 4. The Morgan fingerprint density at radius 3 is 1.56 bits per heavy atom. The fraction of sp³-hybridized carbons (Fsp3) is 0.0345. The normalized spacial score (nSPS) is 12.0. The summed E-state index contributed by atoms with van der Waals surface area (Å²) in [6.45, 7) is 11.0. The second kappa shape index (κ2) is 18.8. The van der Waals surface area contributed by atoms with Gasteiger partial charge in [0.25, 0.3) is 0 Å². The van der Waals surface area contributed by atoms with Crippen LogP contribution in [0.15, 0.2) is 239 Å². The summed E-state index contributed by atoms with van der Waals surface area (Å²) >= 11 is 1.63. The minimum absolute atomic E-state index is 0.392. The first-order valence-corrected chi connectivity index (χ1v) is 21.8. The van der Waals surface area contributed by atoms with E-state index >= 15 is 0 Å². The van der Waals surface area contributed by atoms with E-state index in [0.717, 1.165) is 93.3 Å². The average molecular weight is 829 g/mol. The van der Waals surface area contributed by atoms with Gasteiger partial charge in [-0.3, -0.25) is 9.98 Å². The van der Waals surface area contributed by atoms with Crippen LogP contribution in [0.4, 0.5) is 5.00 Å². The molecule has 0 radical (unpaired) electrons. The van der Waals surface area contributed by atoms with Crippen molar-refractivity contribution in [3.8, 4) is 33.4 Å². The summed E-state index contributed by atoms with van der Waals surface area (Å²) in [5, 5.41) is 1.96. The Hall–Kier alpha value is -7.86. The quantitative estimate of drug-likeness (QED) is 0.0870. The number of fused-ring (bicyclic) bond motifs is 1. The molecule has 0 saturated heterocycles. The molecule has 0 amide bonds. The second-order valence-electron chi connectivity index (χ2n) is 15.2. The molecular formula is C58H44N4S.